The van der Waals surface area contributed by atoms with Crippen LogP contribution in [-0.2, 0) is 0 Å². The Hall–Kier alpha value is -2.50. The number of nitrogens with two attached hydrogens (primary N) is 1. The van der Waals surface area contributed by atoms with Crippen LogP contribution in [0.15, 0.2) is 28.9 Å². The summed E-state index contributed by atoms with van der Waals surface area (Å²) in [7, 11) is 1.54. The summed E-state index contributed by atoms with van der Waals surface area (Å²) in [5.74, 6) is 0.171. The number of oxazole rings is 1. The smallest absolute Gasteiger partial charge is 0.292 e. The van der Waals surface area contributed by atoms with Crippen molar-refractivity contribution >= 4 is 17.6 Å². The van der Waals surface area contributed by atoms with Gasteiger partial charge in [-0.1, -0.05) is 6.07 Å². The molecule has 1 aromatic heterocycles. The Morgan fingerprint density at radius 1 is 1.50 bits per heavy atom. The number of nitrogen functional groups attached to an aromatic ring is 1. The van der Waals surface area contributed by atoms with Crippen molar-refractivity contribution in [3.63, 3.8) is 0 Å². The fourth-order valence-electron chi connectivity index (χ4n) is 1.50. The molecular formula is C12H13N3O3. The summed E-state index contributed by atoms with van der Waals surface area (Å²) in [4.78, 5) is 15.6. The molecule has 94 valence electrons. The highest BCUT2D eigenvalue weighted by Crippen LogP contribution is 2.25. The summed E-state index contributed by atoms with van der Waals surface area (Å²) in [5, 5.41) is 2.69. The predicted molar refractivity (Wildman–Crippen MR) is 66.6 cm³/mol. The topological polar surface area (TPSA) is 90.4 Å². The zero-order valence-electron chi connectivity index (χ0n) is 10.1. The second kappa shape index (κ2) is 4.79. The summed E-state index contributed by atoms with van der Waals surface area (Å²) < 4.78 is 9.94. The molecular weight excluding hydrogens is 234 g/mol. The molecule has 0 radical (unpaired) electrons. The molecule has 1 amide bonds. The van der Waals surface area contributed by atoms with E-state index in [2.05, 4.69) is 10.3 Å². The number of rotatable bonds is 3. The number of anilines is 2. The van der Waals surface area contributed by atoms with Crippen molar-refractivity contribution in [3.05, 3.63) is 35.7 Å². The minimum atomic E-state index is -0.403. The molecule has 1 heterocycles. The Morgan fingerprint density at radius 2 is 2.28 bits per heavy atom. The van der Waals surface area contributed by atoms with Gasteiger partial charge >= 0.3 is 0 Å². The molecule has 3 N–H and O–H groups in total. The van der Waals surface area contributed by atoms with E-state index in [0.717, 1.165) is 5.56 Å². The quantitative estimate of drug-likeness (QED) is 0.863. The number of nitrogens with one attached hydrogen (secondary N) is 1. The first-order valence-electron chi connectivity index (χ1n) is 5.27. The van der Waals surface area contributed by atoms with Crippen LogP contribution >= 0.6 is 0 Å². The van der Waals surface area contributed by atoms with E-state index in [9.17, 15) is 4.79 Å². The zero-order chi connectivity index (χ0) is 13.1. The molecule has 0 unspecified atom stereocenters. The molecule has 6 nitrogen and oxygen atoms in total. The van der Waals surface area contributed by atoms with Crippen molar-refractivity contribution < 1.29 is 13.9 Å². The van der Waals surface area contributed by atoms with Gasteiger partial charge in [0.2, 0.25) is 0 Å². The fraction of sp³-hybridized carbons (Fsp3) is 0.167. The normalized spacial score (nSPS) is 10.1. The maximum atomic E-state index is 11.9. The van der Waals surface area contributed by atoms with Gasteiger partial charge in [0.05, 0.1) is 12.8 Å². The van der Waals surface area contributed by atoms with Gasteiger partial charge in [-0.25, -0.2) is 0 Å². The van der Waals surface area contributed by atoms with Crippen LogP contribution in [-0.4, -0.2) is 18.0 Å². The number of carbonyl (C=O) groups is 1. The number of hydrogen-bond donors (Lipinski definition) is 2. The van der Waals surface area contributed by atoms with Gasteiger partial charge in [-0.3, -0.25) is 4.79 Å². The Kier molecular flexibility index (Phi) is 3.18. The molecule has 2 rings (SSSR count). The van der Waals surface area contributed by atoms with E-state index in [-0.39, 0.29) is 11.7 Å². The highest BCUT2D eigenvalue weighted by atomic mass is 16.5. The lowest BCUT2D eigenvalue weighted by Gasteiger charge is -2.09. The summed E-state index contributed by atoms with van der Waals surface area (Å²) in [5.41, 5.74) is 7.01. The lowest BCUT2D eigenvalue weighted by Crippen LogP contribution is -2.13. The van der Waals surface area contributed by atoms with E-state index >= 15 is 0 Å². The van der Waals surface area contributed by atoms with Crippen molar-refractivity contribution in [1.82, 2.24) is 4.98 Å². The first kappa shape index (κ1) is 12.0. The minimum absolute atomic E-state index is 0.0450. The van der Waals surface area contributed by atoms with Crippen LogP contribution in [0.2, 0.25) is 0 Å². The van der Waals surface area contributed by atoms with Crippen LogP contribution in [0.3, 0.4) is 0 Å². The highest BCUT2D eigenvalue weighted by molar-refractivity contribution is 6.03. The summed E-state index contributed by atoms with van der Waals surface area (Å²) in [6.07, 6.45) is 1.20. The van der Waals surface area contributed by atoms with Crippen molar-refractivity contribution in [2.45, 2.75) is 6.92 Å². The van der Waals surface area contributed by atoms with Crippen molar-refractivity contribution in [2.75, 3.05) is 18.2 Å². The van der Waals surface area contributed by atoms with Gasteiger partial charge < -0.3 is 20.2 Å². The van der Waals surface area contributed by atoms with Gasteiger partial charge in [-0.15, -0.1) is 0 Å². The minimum Gasteiger partial charge on any atom is -0.495 e. The number of ether oxygens (including phenoxy) is 1. The molecule has 0 bridgehead atoms. The molecule has 0 aliphatic rings. The van der Waals surface area contributed by atoms with E-state index in [0.29, 0.717) is 11.4 Å². The van der Waals surface area contributed by atoms with Gasteiger partial charge in [0.15, 0.2) is 5.69 Å². The van der Waals surface area contributed by atoms with E-state index in [1.165, 1.54) is 13.4 Å². The SMILES string of the molecule is COc1ccc(C)cc1NC(=O)c1coc(N)n1. The van der Waals surface area contributed by atoms with Crippen molar-refractivity contribution in [3.8, 4) is 5.75 Å². The van der Waals surface area contributed by atoms with Gasteiger partial charge in [-0.05, 0) is 24.6 Å². The third-order valence-corrected chi connectivity index (χ3v) is 2.36. The standard InChI is InChI=1S/C12H13N3O3/c1-7-3-4-10(17-2)8(5-7)14-11(16)9-6-18-12(13)15-9/h3-6H,1-2H3,(H2,13,15)(H,14,16). The summed E-state index contributed by atoms with van der Waals surface area (Å²) in [6, 6.07) is 5.43. The third kappa shape index (κ3) is 2.42. The zero-order valence-corrected chi connectivity index (χ0v) is 10.1. The molecule has 18 heavy (non-hydrogen) atoms. The Balaban J connectivity index is 2.23. The number of aryl methyl sites for hydroxylation is 1. The van der Waals surface area contributed by atoms with E-state index in [4.69, 9.17) is 14.9 Å². The summed E-state index contributed by atoms with van der Waals surface area (Å²) in [6.45, 7) is 1.92. The van der Waals surface area contributed by atoms with E-state index in [1.54, 1.807) is 12.1 Å². The molecule has 0 aliphatic heterocycles. The molecule has 0 saturated heterocycles. The number of aromatic nitrogens is 1. The first-order valence-corrected chi connectivity index (χ1v) is 5.27. The molecule has 6 heteroatoms. The lowest BCUT2D eigenvalue weighted by atomic mass is 10.2. The Labute approximate surface area is 104 Å². The first-order chi connectivity index (χ1) is 8.60. The van der Waals surface area contributed by atoms with Gasteiger partial charge in [0.1, 0.15) is 12.0 Å². The third-order valence-electron chi connectivity index (χ3n) is 2.36. The van der Waals surface area contributed by atoms with Crippen molar-refractivity contribution in [2.24, 2.45) is 0 Å². The van der Waals surface area contributed by atoms with Crippen LogP contribution in [0, 0.1) is 6.92 Å². The largest absolute Gasteiger partial charge is 0.495 e. The fourth-order valence-corrected chi connectivity index (χ4v) is 1.50. The Bertz CT molecular complexity index is 578. The van der Waals surface area contributed by atoms with Crippen LogP contribution in [0.1, 0.15) is 16.1 Å². The predicted octanol–water partition coefficient (Wildman–Crippen LogP) is 1.83. The lowest BCUT2D eigenvalue weighted by molar-refractivity contribution is 0.102. The average molecular weight is 247 g/mol. The van der Waals surface area contributed by atoms with Gasteiger partial charge in [0.25, 0.3) is 11.9 Å². The number of amides is 1. The average Bonchev–Trinajstić information content (AvgIpc) is 2.76. The van der Waals surface area contributed by atoms with Crippen LogP contribution in [0.4, 0.5) is 11.7 Å². The van der Waals surface area contributed by atoms with Crippen LogP contribution in [0.5, 0.6) is 5.75 Å². The van der Waals surface area contributed by atoms with Crippen molar-refractivity contribution in [1.29, 1.82) is 0 Å². The number of benzene rings is 1. The van der Waals surface area contributed by atoms with Crippen LogP contribution in [0.25, 0.3) is 0 Å². The molecule has 1 aromatic carbocycles. The van der Waals surface area contributed by atoms with E-state index < -0.39 is 5.91 Å². The van der Waals surface area contributed by atoms with E-state index in [1.807, 2.05) is 13.0 Å². The molecule has 0 saturated carbocycles. The highest BCUT2D eigenvalue weighted by Gasteiger charge is 2.13. The molecule has 0 spiro atoms. The molecule has 0 aliphatic carbocycles. The maximum absolute atomic E-state index is 11.9. The number of nitrogens with zero attached hydrogens (tertiary/aromatic N) is 1. The van der Waals surface area contributed by atoms with Gasteiger partial charge in [0, 0.05) is 0 Å². The summed E-state index contributed by atoms with van der Waals surface area (Å²) >= 11 is 0. The number of methoxy groups -OCH3 is 1. The molecule has 0 fully saturated rings. The number of carbonyl (C=O) groups excluding carboxylic acids is 1. The Morgan fingerprint density at radius 3 is 2.89 bits per heavy atom. The van der Waals surface area contributed by atoms with Crippen LogP contribution < -0.4 is 15.8 Å². The second-order valence-electron chi connectivity index (χ2n) is 3.73. The second-order valence-corrected chi connectivity index (χ2v) is 3.73. The molecule has 2 aromatic rings. The maximum Gasteiger partial charge on any atom is 0.292 e. The van der Waals surface area contributed by atoms with Gasteiger partial charge in [-0.2, -0.15) is 4.98 Å². The molecule has 0 atom stereocenters. The monoisotopic (exact) mass is 247 g/mol. The number of hydrogen-bond acceptors (Lipinski definition) is 5.